The Bertz CT molecular complexity index is 696. The average Bonchev–Trinajstić information content (AvgIpc) is 2.83. The van der Waals surface area contributed by atoms with Gasteiger partial charge in [-0.1, -0.05) is 48.5 Å². The fourth-order valence-electron chi connectivity index (χ4n) is 2.49. The van der Waals surface area contributed by atoms with Crippen LogP contribution < -0.4 is 0 Å². The lowest BCUT2D eigenvalue weighted by molar-refractivity contribution is -0.190. The number of hydrogen-bond acceptors (Lipinski definition) is 2. The van der Waals surface area contributed by atoms with E-state index in [1.807, 2.05) is 18.2 Å². The first-order chi connectivity index (χ1) is 8.93. The van der Waals surface area contributed by atoms with E-state index in [1.165, 1.54) is 11.1 Å². The maximum atomic E-state index is 5.22. The predicted octanol–water partition coefficient (Wildman–Crippen LogP) is 4.01. The Labute approximate surface area is 105 Å². The summed E-state index contributed by atoms with van der Waals surface area (Å²) in [5.41, 5.74) is 5.72. The molecule has 2 aromatic carbocycles. The van der Waals surface area contributed by atoms with Crippen LogP contribution in [0.25, 0.3) is 22.8 Å². The van der Waals surface area contributed by atoms with Gasteiger partial charge in [-0.15, -0.1) is 0 Å². The molecule has 0 spiro atoms. The Morgan fingerprint density at radius 1 is 0.722 bits per heavy atom. The van der Waals surface area contributed by atoms with E-state index in [4.69, 9.17) is 9.78 Å². The van der Waals surface area contributed by atoms with Crippen molar-refractivity contribution in [3.8, 4) is 11.1 Å². The maximum Gasteiger partial charge on any atom is 0.190 e. The molecule has 86 valence electrons. The van der Waals surface area contributed by atoms with Crippen molar-refractivity contribution in [1.82, 2.24) is 0 Å². The lowest BCUT2D eigenvalue weighted by Gasteiger charge is -2.08. The lowest BCUT2D eigenvalue weighted by atomic mass is 9.95. The molecule has 2 aliphatic rings. The van der Waals surface area contributed by atoms with Gasteiger partial charge in [0.2, 0.25) is 0 Å². The van der Waals surface area contributed by atoms with Crippen LogP contribution in [0.2, 0.25) is 0 Å². The van der Waals surface area contributed by atoms with Gasteiger partial charge in [0.25, 0.3) is 0 Å². The van der Waals surface area contributed by atoms with Gasteiger partial charge < -0.3 is 0 Å². The molecule has 0 radical (unpaired) electrons. The van der Waals surface area contributed by atoms with Gasteiger partial charge in [-0.25, -0.2) is 0 Å². The first-order valence-electron chi connectivity index (χ1n) is 5.88. The largest absolute Gasteiger partial charge is 0.297 e. The number of fused-ring (bicyclic) bond motifs is 5. The van der Waals surface area contributed by atoms with Gasteiger partial charge in [0.05, 0.1) is 5.57 Å². The zero-order valence-electron chi connectivity index (χ0n) is 9.59. The van der Waals surface area contributed by atoms with E-state index in [1.54, 1.807) is 6.26 Å². The van der Waals surface area contributed by atoms with Crippen LogP contribution in [0.4, 0.5) is 0 Å². The molecule has 1 aliphatic heterocycles. The minimum Gasteiger partial charge on any atom is -0.297 e. The van der Waals surface area contributed by atoms with Crippen LogP contribution in [0.15, 0.2) is 60.6 Å². The molecular weight excluding hydrogens is 224 g/mol. The van der Waals surface area contributed by atoms with Crippen molar-refractivity contribution in [3.05, 3.63) is 71.7 Å². The molecule has 0 bridgehead atoms. The van der Waals surface area contributed by atoms with E-state index in [0.29, 0.717) is 0 Å². The minimum atomic E-state index is 0.771. The number of allylic oxidation sites excluding steroid dienone is 1. The fraction of sp³-hybridized carbons (Fsp3) is 0. The van der Waals surface area contributed by atoms with Gasteiger partial charge in [0.1, 0.15) is 0 Å². The molecule has 0 saturated carbocycles. The van der Waals surface area contributed by atoms with Gasteiger partial charge >= 0.3 is 0 Å². The molecule has 2 aromatic rings. The third kappa shape index (κ3) is 1.23. The van der Waals surface area contributed by atoms with E-state index in [2.05, 4.69) is 36.4 Å². The van der Waals surface area contributed by atoms with Gasteiger partial charge in [-0.3, -0.25) is 9.78 Å². The molecule has 0 N–H and O–H groups in total. The van der Waals surface area contributed by atoms with Crippen LogP contribution in [-0.2, 0) is 9.78 Å². The molecule has 4 rings (SSSR count). The molecular formula is C16H10O2. The monoisotopic (exact) mass is 234 g/mol. The average molecular weight is 234 g/mol. The zero-order valence-corrected chi connectivity index (χ0v) is 9.59. The summed E-state index contributed by atoms with van der Waals surface area (Å²) in [5.74, 6) is 0.771. The molecule has 18 heavy (non-hydrogen) atoms. The second kappa shape index (κ2) is 3.50. The highest BCUT2D eigenvalue weighted by Gasteiger charge is 2.24. The second-order valence-corrected chi connectivity index (χ2v) is 4.35. The highest BCUT2D eigenvalue weighted by Crippen LogP contribution is 2.41. The molecule has 2 nitrogen and oxygen atoms in total. The first kappa shape index (κ1) is 9.54. The third-order valence-corrected chi connectivity index (χ3v) is 3.32. The van der Waals surface area contributed by atoms with Crippen LogP contribution in [0.5, 0.6) is 0 Å². The highest BCUT2D eigenvalue weighted by atomic mass is 17.2. The topological polar surface area (TPSA) is 18.5 Å². The molecule has 0 amide bonds. The van der Waals surface area contributed by atoms with E-state index in [0.717, 1.165) is 22.5 Å². The summed E-state index contributed by atoms with van der Waals surface area (Å²) in [4.78, 5) is 10.2. The van der Waals surface area contributed by atoms with Crippen molar-refractivity contribution < 1.29 is 9.78 Å². The molecule has 0 atom stereocenters. The SMILES string of the molecule is C1=C2OOC=C2c2ccccc2-c2ccccc21. The van der Waals surface area contributed by atoms with Crippen LogP contribution in [0.1, 0.15) is 11.1 Å². The smallest absolute Gasteiger partial charge is 0.190 e. The third-order valence-electron chi connectivity index (χ3n) is 3.32. The summed E-state index contributed by atoms with van der Waals surface area (Å²) in [6.07, 6.45) is 3.69. The second-order valence-electron chi connectivity index (χ2n) is 4.35. The summed E-state index contributed by atoms with van der Waals surface area (Å²) in [5, 5.41) is 0. The quantitative estimate of drug-likeness (QED) is 0.641. The minimum absolute atomic E-state index is 0.771. The Hall–Kier alpha value is -2.48. The zero-order chi connectivity index (χ0) is 11.9. The van der Waals surface area contributed by atoms with Gasteiger partial charge in [-0.2, -0.15) is 0 Å². The summed E-state index contributed by atoms with van der Waals surface area (Å²) in [6, 6.07) is 16.6. The lowest BCUT2D eigenvalue weighted by Crippen LogP contribution is -1.87. The summed E-state index contributed by atoms with van der Waals surface area (Å²) < 4.78 is 0. The van der Waals surface area contributed by atoms with Gasteiger partial charge in [0, 0.05) is 0 Å². The fourth-order valence-corrected chi connectivity index (χ4v) is 2.49. The van der Waals surface area contributed by atoms with Crippen LogP contribution in [0, 0.1) is 0 Å². The first-order valence-corrected chi connectivity index (χ1v) is 5.88. The Balaban J connectivity index is 2.12. The van der Waals surface area contributed by atoms with Gasteiger partial charge in [0.15, 0.2) is 12.0 Å². The van der Waals surface area contributed by atoms with E-state index < -0.39 is 0 Å². The van der Waals surface area contributed by atoms with Crippen molar-refractivity contribution in [1.29, 1.82) is 0 Å². The molecule has 0 aromatic heterocycles. The Kier molecular flexibility index (Phi) is 1.86. The molecule has 1 aliphatic carbocycles. The Morgan fingerprint density at radius 3 is 2.33 bits per heavy atom. The standard InChI is InChI=1S/C16H10O2/c1-2-6-12-11(5-1)9-16-15(10-17-18-16)14-8-4-3-7-13(12)14/h1-10H. The predicted molar refractivity (Wildman–Crippen MR) is 70.0 cm³/mol. The van der Waals surface area contributed by atoms with Gasteiger partial charge in [-0.05, 0) is 28.3 Å². The van der Waals surface area contributed by atoms with Crippen LogP contribution in [0.3, 0.4) is 0 Å². The van der Waals surface area contributed by atoms with Crippen molar-refractivity contribution in [2.75, 3.05) is 0 Å². The number of hydrogen-bond donors (Lipinski definition) is 0. The summed E-state index contributed by atoms with van der Waals surface area (Å²) >= 11 is 0. The Morgan fingerprint density at radius 2 is 1.44 bits per heavy atom. The van der Waals surface area contributed by atoms with Crippen LogP contribution >= 0.6 is 0 Å². The van der Waals surface area contributed by atoms with E-state index in [-0.39, 0.29) is 0 Å². The molecule has 2 heteroatoms. The molecule has 1 heterocycles. The van der Waals surface area contributed by atoms with Crippen molar-refractivity contribution in [3.63, 3.8) is 0 Å². The number of rotatable bonds is 0. The normalized spacial score (nSPS) is 15.1. The molecule has 0 fully saturated rings. The van der Waals surface area contributed by atoms with Crippen molar-refractivity contribution in [2.45, 2.75) is 0 Å². The highest BCUT2D eigenvalue weighted by molar-refractivity contribution is 5.96. The van der Waals surface area contributed by atoms with E-state index >= 15 is 0 Å². The summed E-state index contributed by atoms with van der Waals surface area (Å²) in [6.45, 7) is 0. The van der Waals surface area contributed by atoms with Crippen LogP contribution in [-0.4, -0.2) is 0 Å². The summed E-state index contributed by atoms with van der Waals surface area (Å²) in [7, 11) is 0. The van der Waals surface area contributed by atoms with Crippen molar-refractivity contribution in [2.24, 2.45) is 0 Å². The van der Waals surface area contributed by atoms with Crippen molar-refractivity contribution >= 4 is 11.6 Å². The number of benzene rings is 2. The maximum absolute atomic E-state index is 5.22. The molecule has 0 unspecified atom stereocenters. The van der Waals surface area contributed by atoms with E-state index in [9.17, 15) is 0 Å². The molecule has 0 saturated heterocycles.